The minimum Gasteiger partial charge on any atom is -0.507 e. The number of hydrogen-bond donors (Lipinski definition) is 1. The summed E-state index contributed by atoms with van der Waals surface area (Å²) in [7, 11) is 0. The summed E-state index contributed by atoms with van der Waals surface area (Å²) >= 11 is 0. The van der Waals surface area contributed by atoms with Crippen molar-refractivity contribution >= 4 is 23.1 Å². The number of Topliss-reactive ketones (excluding diaryl/α,β-unsaturated/α-hetero) is 1. The molecule has 4 rings (SSSR count). The van der Waals surface area contributed by atoms with Crippen LogP contribution in [-0.4, -0.2) is 23.4 Å². The Kier molecular flexibility index (Phi) is 6.45. The average Bonchev–Trinajstić information content (AvgIpc) is 3.10. The third kappa shape index (κ3) is 4.41. The number of aliphatic hydroxyl groups excluding tert-OH is 1. The molecule has 1 atom stereocenters. The molecule has 34 heavy (non-hydrogen) atoms. The molecule has 0 aromatic heterocycles. The number of rotatable bonds is 6. The molecule has 0 saturated carbocycles. The Morgan fingerprint density at radius 2 is 1.74 bits per heavy atom. The minimum atomic E-state index is -1.15. The number of carbonyl (C=O) groups excluding carboxylic acids is 2. The molecule has 1 unspecified atom stereocenters. The van der Waals surface area contributed by atoms with E-state index in [0.717, 1.165) is 23.1 Å². The molecule has 0 aliphatic carbocycles. The number of halogens is 2. The van der Waals surface area contributed by atoms with Crippen LogP contribution in [0.3, 0.4) is 0 Å². The van der Waals surface area contributed by atoms with Gasteiger partial charge in [-0.05, 0) is 35.7 Å². The number of carbonyl (C=O) groups is 2. The standard InChI is InChI=1S/C27H23F2NO4/c1-16(2)15-34-20-10-6-9-18(13-20)25(31)23-24(17-7-4-3-5-8-17)30(27(33)26(23)32)22-14-19(28)11-12-21(22)29/h3-14,16,24,31H,15H2,1-2H3/b25-23+. The van der Waals surface area contributed by atoms with Gasteiger partial charge in [0.2, 0.25) is 0 Å². The molecule has 5 nitrogen and oxygen atoms in total. The fourth-order valence-electron chi connectivity index (χ4n) is 3.85. The molecule has 3 aromatic carbocycles. The highest BCUT2D eigenvalue weighted by Gasteiger charge is 2.47. The van der Waals surface area contributed by atoms with Crippen LogP contribution < -0.4 is 9.64 Å². The van der Waals surface area contributed by atoms with Crippen molar-refractivity contribution in [2.24, 2.45) is 5.92 Å². The Balaban J connectivity index is 1.88. The number of benzene rings is 3. The van der Waals surface area contributed by atoms with Gasteiger partial charge in [0.15, 0.2) is 0 Å². The normalized spacial score (nSPS) is 17.4. The van der Waals surface area contributed by atoms with E-state index in [1.165, 1.54) is 0 Å². The van der Waals surface area contributed by atoms with Crippen molar-refractivity contribution in [1.82, 2.24) is 0 Å². The molecule has 0 radical (unpaired) electrons. The Hall–Kier alpha value is -4.00. The van der Waals surface area contributed by atoms with Gasteiger partial charge in [0.25, 0.3) is 11.7 Å². The van der Waals surface area contributed by atoms with Crippen molar-refractivity contribution in [3.63, 3.8) is 0 Å². The lowest BCUT2D eigenvalue weighted by Crippen LogP contribution is -2.30. The molecule has 1 aliphatic heterocycles. The third-order valence-corrected chi connectivity index (χ3v) is 5.42. The first kappa shape index (κ1) is 23.2. The SMILES string of the molecule is CC(C)COc1cccc(/C(O)=C2\C(=O)C(=O)N(c3cc(F)ccc3F)C2c2ccccc2)c1. The van der Waals surface area contributed by atoms with Gasteiger partial charge in [-0.15, -0.1) is 0 Å². The molecule has 1 heterocycles. The molecular weight excluding hydrogens is 440 g/mol. The zero-order valence-electron chi connectivity index (χ0n) is 18.7. The molecule has 7 heteroatoms. The van der Waals surface area contributed by atoms with Gasteiger partial charge in [-0.3, -0.25) is 14.5 Å². The smallest absolute Gasteiger partial charge is 0.300 e. The van der Waals surface area contributed by atoms with Crippen LogP contribution in [0.15, 0.2) is 78.4 Å². The largest absolute Gasteiger partial charge is 0.507 e. The Morgan fingerprint density at radius 1 is 1.00 bits per heavy atom. The van der Waals surface area contributed by atoms with Crippen molar-refractivity contribution in [1.29, 1.82) is 0 Å². The van der Waals surface area contributed by atoms with Crippen LogP contribution in [-0.2, 0) is 9.59 Å². The summed E-state index contributed by atoms with van der Waals surface area (Å²) in [5, 5.41) is 11.2. The van der Waals surface area contributed by atoms with Gasteiger partial charge >= 0.3 is 0 Å². The number of anilines is 1. The predicted molar refractivity (Wildman–Crippen MR) is 124 cm³/mol. The van der Waals surface area contributed by atoms with Crippen molar-refractivity contribution in [2.75, 3.05) is 11.5 Å². The van der Waals surface area contributed by atoms with Crippen LogP contribution in [0.5, 0.6) is 5.75 Å². The molecule has 1 amide bonds. The van der Waals surface area contributed by atoms with Gasteiger partial charge < -0.3 is 9.84 Å². The number of amides is 1. The molecule has 1 saturated heterocycles. The van der Waals surface area contributed by atoms with Gasteiger partial charge in [-0.2, -0.15) is 0 Å². The third-order valence-electron chi connectivity index (χ3n) is 5.42. The Bertz CT molecular complexity index is 1270. The van der Waals surface area contributed by atoms with Gasteiger partial charge in [-0.25, -0.2) is 8.78 Å². The lowest BCUT2D eigenvalue weighted by Gasteiger charge is -2.25. The molecule has 1 aliphatic rings. The predicted octanol–water partition coefficient (Wildman–Crippen LogP) is 5.63. The quantitative estimate of drug-likeness (QED) is 0.293. The van der Waals surface area contributed by atoms with E-state index in [2.05, 4.69) is 0 Å². The van der Waals surface area contributed by atoms with Gasteiger partial charge in [0.1, 0.15) is 23.1 Å². The minimum absolute atomic E-state index is 0.221. The molecule has 0 spiro atoms. The number of hydrogen-bond acceptors (Lipinski definition) is 4. The van der Waals surface area contributed by atoms with Crippen LogP contribution in [0, 0.1) is 17.6 Å². The lowest BCUT2D eigenvalue weighted by atomic mass is 9.95. The number of ketones is 1. The van der Waals surface area contributed by atoms with Crippen LogP contribution in [0.2, 0.25) is 0 Å². The van der Waals surface area contributed by atoms with E-state index in [1.54, 1.807) is 54.6 Å². The first-order valence-corrected chi connectivity index (χ1v) is 10.8. The summed E-state index contributed by atoms with van der Waals surface area (Å²) in [4.78, 5) is 27.1. The summed E-state index contributed by atoms with van der Waals surface area (Å²) in [5.74, 6) is -3.35. The molecule has 1 N–H and O–H groups in total. The van der Waals surface area contributed by atoms with Gasteiger partial charge in [-0.1, -0.05) is 56.3 Å². The van der Waals surface area contributed by atoms with Crippen LogP contribution in [0.4, 0.5) is 14.5 Å². The highest BCUT2D eigenvalue weighted by Crippen LogP contribution is 2.43. The van der Waals surface area contributed by atoms with E-state index in [-0.39, 0.29) is 22.7 Å². The van der Waals surface area contributed by atoms with Crippen molar-refractivity contribution in [2.45, 2.75) is 19.9 Å². The van der Waals surface area contributed by atoms with Crippen molar-refractivity contribution in [3.05, 3.63) is 101 Å². The zero-order chi connectivity index (χ0) is 24.4. The summed E-state index contributed by atoms with van der Waals surface area (Å²) in [6.45, 7) is 4.45. The number of aliphatic hydroxyl groups is 1. The second kappa shape index (κ2) is 9.47. The van der Waals surface area contributed by atoms with Crippen LogP contribution in [0.25, 0.3) is 5.76 Å². The monoisotopic (exact) mass is 463 g/mol. The second-order valence-corrected chi connectivity index (χ2v) is 8.41. The molecule has 174 valence electrons. The summed E-state index contributed by atoms with van der Waals surface area (Å²) < 4.78 is 34.4. The van der Waals surface area contributed by atoms with Crippen molar-refractivity contribution in [3.8, 4) is 5.75 Å². The van der Waals surface area contributed by atoms with Crippen molar-refractivity contribution < 1.29 is 28.2 Å². The van der Waals surface area contributed by atoms with E-state index >= 15 is 0 Å². The van der Waals surface area contributed by atoms with Gasteiger partial charge in [0.05, 0.1) is 23.9 Å². The highest BCUT2D eigenvalue weighted by molar-refractivity contribution is 6.51. The molecular formula is C27H23F2NO4. The maximum Gasteiger partial charge on any atom is 0.300 e. The summed E-state index contributed by atoms with van der Waals surface area (Å²) in [6, 6.07) is 16.5. The number of ether oxygens (including phenoxy) is 1. The first-order chi connectivity index (χ1) is 16.3. The highest BCUT2D eigenvalue weighted by atomic mass is 19.1. The van der Waals surface area contributed by atoms with Gasteiger partial charge in [0, 0.05) is 11.6 Å². The second-order valence-electron chi connectivity index (χ2n) is 8.41. The van der Waals surface area contributed by atoms with E-state index in [4.69, 9.17) is 4.74 Å². The van der Waals surface area contributed by atoms with E-state index < -0.39 is 35.1 Å². The Morgan fingerprint density at radius 3 is 2.44 bits per heavy atom. The zero-order valence-corrected chi connectivity index (χ0v) is 18.7. The van der Waals surface area contributed by atoms with E-state index in [0.29, 0.717) is 17.9 Å². The maximum atomic E-state index is 14.7. The van der Waals surface area contributed by atoms with E-state index in [9.17, 15) is 23.5 Å². The van der Waals surface area contributed by atoms with Crippen LogP contribution >= 0.6 is 0 Å². The number of nitrogens with zero attached hydrogens (tertiary/aromatic N) is 1. The summed E-state index contributed by atoms with van der Waals surface area (Å²) in [6.07, 6.45) is 0. The first-order valence-electron chi connectivity index (χ1n) is 10.8. The maximum absolute atomic E-state index is 14.7. The summed E-state index contributed by atoms with van der Waals surface area (Å²) in [5.41, 5.74) is 0.115. The molecule has 3 aromatic rings. The molecule has 0 bridgehead atoms. The molecule has 1 fully saturated rings. The average molecular weight is 463 g/mol. The fourth-order valence-corrected chi connectivity index (χ4v) is 3.85. The van der Waals surface area contributed by atoms with Crippen LogP contribution in [0.1, 0.15) is 31.0 Å². The van der Waals surface area contributed by atoms with E-state index in [1.807, 2.05) is 13.8 Å². The Labute approximate surface area is 195 Å². The lowest BCUT2D eigenvalue weighted by molar-refractivity contribution is -0.132. The fraction of sp³-hybridized carbons (Fsp3) is 0.185. The topological polar surface area (TPSA) is 66.8 Å².